The SMILES string of the molecule is NC1CCC(NC(=O)c2ccc(N3CCCN(C(=O)c4cccc(Cl)c4)CC3)c(NC(=O)c3ccccc3)c2)CC1. The molecule has 0 radical (unpaired) electrons. The largest absolute Gasteiger partial charge is 0.368 e. The maximum Gasteiger partial charge on any atom is 0.255 e. The Balaban J connectivity index is 1.35. The van der Waals surface area contributed by atoms with Crippen molar-refractivity contribution in [1.29, 1.82) is 0 Å². The number of hydrogen-bond donors (Lipinski definition) is 3. The molecule has 1 aliphatic heterocycles. The first kappa shape index (κ1) is 28.6. The molecule has 0 bridgehead atoms. The van der Waals surface area contributed by atoms with Crippen LogP contribution >= 0.6 is 11.6 Å². The van der Waals surface area contributed by atoms with Crippen LogP contribution in [0.25, 0.3) is 0 Å². The molecule has 1 saturated heterocycles. The van der Waals surface area contributed by atoms with Crippen LogP contribution in [-0.2, 0) is 0 Å². The lowest BCUT2D eigenvalue weighted by molar-refractivity contribution is 0.0766. The first-order valence-electron chi connectivity index (χ1n) is 14.2. The summed E-state index contributed by atoms with van der Waals surface area (Å²) in [7, 11) is 0. The quantitative estimate of drug-likeness (QED) is 0.387. The van der Waals surface area contributed by atoms with Crippen molar-refractivity contribution in [1.82, 2.24) is 10.2 Å². The zero-order valence-corrected chi connectivity index (χ0v) is 23.8. The van der Waals surface area contributed by atoms with Crippen LogP contribution in [0.5, 0.6) is 0 Å². The molecular weight excluding hydrogens is 538 g/mol. The number of benzene rings is 3. The number of carbonyl (C=O) groups excluding carboxylic acids is 3. The van der Waals surface area contributed by atoms with Crippen molar-refractivity contribution in [3.8, 4) is 0 Å². The summed E-state index contributed by atoms with van der Waals surface area (Å²) in [6.45, 7) is 2.40. The van der Waals surface area contributed by atoms with E-state index in [-0.39, 0.29) is 29.8 Å². The Labute approximate surface area is 245 Å². The summed E-state index contributed by atoms with van der Waals surface area (Å²) in [4.78, 5) is 43.5. The molecule has 1 heterocycles. The van der Waals surface area contributed by atoms with E-state index in [0.29, 0.717) is 53.6 Å². The number of anilines is 2. The average molecular weight is 574 g/mol. The number of nitrogens with two attached hydrogens (primary N) is 1. The third-order valence-corrected chi connectivity index (χ3v) is 8.08. The van der Waals surface area contributed by atoms with Crippen LogP contribution in [0.15, 0.2) is 72.8 Å². The molecule has 0 aromatic heterocycles. The molecule has 3 aromatic rings. The van der Waals surface area contributed by atoms with Gasteiger partial charge in [0.2, 0.25) is 0 Å². The van der Waals surface area contributed by atoms with Gasteiger partial charge in [0.15, 0.2) is 0 Å². The number of halogens is 1. The fraction of sp³-hybridized carbons (Fsp3) is 0.344. The Morgan fingerprint density at radius 1 is 0.756 bits per heavy atom. The van der Waals surface area contributed by atoms with E-state index in [4.69, 9.17) is 17.3 Å². The second-order valence-electron chi connectivity index (χ2n) is 10.8. The van der Waals surface area contributed by atoms with Gasteiger partial charge >= 0.3 is 0 Å². The highest BCUT2D eigenvalue weighted by atomic mass is 35.5. The van der Waals surface area contributed by atoms with Crippen molar-refractivity contribution in [3.63, 3.8) is 0 Å². The van der Waals surface area contributed by atoms with Gasteiger partial charge in [0.05, 0.1) is 11.4 Å². The maximum absolute atomic E-state index is 13.2. The van der Waals surface area contributed by atoms with Crippen LogP contribution in [0.4, 0.5) is 11.4 Å². The van der Waals surface area contributed by atoms with E-state index < -0.39 is 0 Å². The van der Waals surface area contributed by atoms with Gasteiger partial charge in [-0.2, -0.15) is 0 Å². The molecule has 1 saturated carbocycles. The lowest BCUT2D eigenvalue weighted by Crippen LogP contribution is -2.40. The van der Waals surface area contributed by atoms with E-state index in [2.05, 4.69) is 15.5 Å². The molecule has 2 aliphatic rings. The second-order valence-corrected chi connectivity index (χ2v) is 11.2. The molecule has 1 aliphatic carbocycles. The standard InChI is InChI=1S/C32H36ClN5O3/c33-25-9-4-8-24(20-25)32(41)38-17-5-16-37(18-19-38)29-15-10-23(31(40)35-27-13-11-26(34)12-14-27)21-28(29)36-30(39)22-6-2-1-3-7-22/h1-4,6-10,15,20-21,26-27H,5,11-14,16-19,34H2,(H,35,40)(H,36,39). The van der Waals surface area contributed by atoms with Crippen molar-refractivity contribution in [2.75, 3.05) is 36.4 Å². The summed E-state index contributed by atoms with van der Waals surface area (Å²) in [5.41, 5.74) is 8.98. The molecule has 4 N–H and O–H groups in total. The number of hydrogen-bond acceptors (Lipinski definition) is 5. The zero-order valence-electron chi connectivity index (χ0n) is 23.0. The molecule has 3 amide bonds. The number of rotatable bonds is 6. The van der Waals surface area contributed by atoms with Crippen LogP contribution in [0, 0.1) is 0 Å². The van der Waals surface area contributed by atoms with Gasteiger partial charge < -0.3 is 26.2 Å². The van der Waals surface area contributed by atoms with Crippen LogP contribution in [-0.4, -0.2) is 60.9 Å². The van der Waals surface area contributed by atoms with E-state index >= 15 is 0 Å². The highest BCUT2D eigenvalue weighted by molar-refractivity contribution is 6.31. The van der Waals surface area contributed by atoms with Crippen LogP contribution in [0.1, 0.15) is 63.2 Å². The number of nitrogens with zero attached hydrogens (tertiary/aromatic N) is 2. The van der Waals surface area contributed by atoms with Gasteiger partial charge in [0.25, 0.3) is 17.7 Å². The summed E-state index contributed by atoms with van der Waals surface area (Å²) in [6.07, 6.45) is 4.27. The molecule has 3 aromatic carbocycles. The third kappa shape index (κ3) is 7.26. The topological polar surface area (TPSA) is 108 Å². The zero-order chi connectivity index (χ0) is 28.8. The fourth-order valence-electron chi connectivity index (χ4n) is 5.53. The third-order valence-electron chi connectivity index (χ3n) is 7.85. The number of nitrogens with one attached hydrogen (secondary N) is 2. The van der Waals surface area contributed by atoms with Crippen molar-refractivity contribution in [2.45, 2.75) is 44.2 Å². The van der Waals surface area contributed by atoms with Crippen LogP contribution in [0.2, 0.25) is 5.02 Å². The summed E-state index contributed by atoms with van der Waals surface area (Å²) in [5.74, 6) is -0.470. The van der Waals surface area contributed by atoms with Crippen LogP contribution < -0.4 is 21.3 Å². The second kappa shape index (κ2) is 13.2. The first-order valence-corrected chi connectivity index (χ1v) is 14.6. The molecule has 5 rings (SSSR count). The Kier molecular flexibility index (Phi) is 9.21. The monoisotopic (exact) mass is 573 g/mol. The van der Waals surface area contributed by atoms with Crippen molar-refractivity contribution in [2.24, 2.45) is 5.73 Å². The van der Waals surface area contributed by atoms with Gasteiger partial charge in [-0.05, 0) is 80.6 Å². The number of amides is 3. The Morgan fingerprint density at radius 3 is 2.27 bits per heavy atom. The van der Waals surface area contributed by atoms with E-state index in [1.165, 1.54) is 0 Å². The molecule has 0 atom stereocenters. The molecule has 0 unspecified atom stereocenters. The van der Waals surface area contributed by atoms with Gasteiger partial charge in [-0.15, -0.1) is 0 Å². The van der Waals surface area contributed by atoms with E-state index in [9.17, 15) is 14.4 Å². The molecule has 0 spiro atoms. The minimum atomic E-state index is -0.252. The minimum absolute atomic E-state index is 0.0531. The Hall–Kier alpha value is -3.88. The molecule has 214 valence electrons. The molecule has 8 nitrogen and oxygen atoms in total. The summed E-state index contributed by atoms with van der Waals surface area (Å²) in [6, 6.07) is 21.7. The highest BCUT2D eigenvalue weighted by Gasteiger charge is 2.25. The molecule has 9 heteroatoms. The van der Waals surface area contributed by atoms with Crippen molar-refractivity contribution in [3.05, 3.63) is 94.5 Å². The normalized spacial score (nSPS) is 19.3. The maximum atomic E-state index is 13.2. The number of carbonyl (C=O) groups is 3. The van der Waals surface area contributed by atoms with Gasteiger partial charge in [0.1, 0.15) is 0 Å². The Morgan fingerprint density at radius 2 is 1.51 bits per heavy atom. The van der Waals surface area contributed by atoms with E-state index in [0.717, 1.165) is 37.8 Å². The van der Waals surface area contributed by atoms with E-state index in [1.807, 2.05) is 29.2 Å². The first-order chi connectivity index (χ1) is 19.9. The fourth-order valence-corrected chi connectivity index (χ4v) is 5.73. The van der Waals surface area contributed by atoms with Crippen molar-refractivity contribution < 1.29 is 14.4 Å². The summed E-state index contributed by atoms with van der Waals surface area (Å²) in [5, 5.41) is 6.71. The molecular formula is C32H36ClN5O3. The minimum Gasteiger partial charge on any atom is -0.368 e. The smallest absolute Gasteiger partial charge is 0.255 e. The highest BCUT2D eigenvalue weighted by Crippen LogP contribution is 2.30. The summed E-state index contributed by atoms with van der Waals surface area (Å²) < 4.78 is 0. The van der Waals surface area contributed by atoms with Gasteiger partial charge in [-0.25, -0.2) is 0 Å². The molecule has 2 fully saturated rings. The van der Waals surface area contributed by atoms with Gasteiger partial charge in [-0.3, -0.25) is 14.4 Å². The van der Waals surface area contributed by atoms with Crippen molar-refractivity contribution >= 4 is 40.7 Å². The Bertz CT molecular complexity index is 1390. The van der Waals surface area contributed by atoms with Gasteiger partial charge in [-0.1, -0.05) is 35.9 Å². The lowest BCUT2D eigenvalue weighted by Gasteiger charge is -2.28. The van der Waals surface area contributed by atoms with E-state index in [1.54, 1.807) is 48.5 Å². The average Bonchev–Trinajstić information content (AvgIpc) is 3.25. The predicted octanol–water partition coefficient (Wildman–Crippen LogP) is 4.94. The summed E-state index contributed by atoms with van der Waals surface area (Å²) >= 11 is 6.11. The predicted molar refractivity (Wildman–Crippen MR) is 163 cm³/mol. The lowest BCUT2D eigenvalue weighted by atomic mass is 9.91. The van der Waals surface area contributed by atoms with Crippen LogP contribution in [0.3, 0.4) is 0 Å². The molecule has 41 heavy (non-hydrogen) atoms. The van der Waals surface area contributed by atoms with Gasteiger partial charge in [0, 0.05) is 60.0 Å².